The number of hydrogen-bond acceptors (Lipinski definition) is 5. The summed E-state index contributed by atoms with van der Waals surface area (Å²) in [5, 5.41) is 7.06. The first-order chi connectivity index (χ1) is 11.6. The van der Waals surface area contributed by atoms with Gasteiger partial charge in [0.25, 0.3) is 5.91 Å². The van der Waals surface area contributed by atoms with Gasteiger partial charge in [0, 0.05) is 50.6 Å². The highest BCUT2D eigenvalue weighted by atomic mass is 16.1. The van der Waals surface area contributed by atoms with Crippen LogP contribution >= 0.6 is 0 Å². The topological polar surface area (TPSA) is 75.9 Å². The van der Waals surface area contributed by atoms with Crippen LogP contribution in [0.4, 0.5) is 5.82 Å². The third-order valence-electron chi connectivity index (χ3n) is 4.34. The quantitative estimate of drug-likeness (QED) is 0.900. The third-order valence-corrected chi connectivity index (χ3v) is 4.34. The highest BCUT2D eigenvalue weighted by molar-refractivity contribution is 5.93. The van der Waals surface area contributed by atoms with Gasteiger partial charge in [0.05, 0.1) is 11.8 Å². The fraction of sp³-hybridized carbons (Fsp3) is 0.529. The molecule has 0 spiro atoms. The largest absolute Gasteiger partial charge is 0.352 e. The number of amides is 1. The standard InChI is InChI=1S/C17H24N6O/c1-4-15-20-12(2)8-16(21-15)23-7-5-6-14(23)10-18-17(24)13-9-19-22(3)11-13/h8-9,11,14H,4-7,10H2,1-3H3,(H,18,24)/t14-/m0/s1. The molecule has 0 bridgehead atoms. The van der Waals surface area contributed by atoms with Gasteiger partial charge in [0.1, 0.15) is 11.6 Å². The van der Waals surface area contributed by atoms with Crippen LogP contribution in [-0.2, 0) is 13.5 Å². The van der Waals surface area contributed by atoms with E-state index in [0.29, 0.717) is 12.1 Å². The lowest BCUT2D eigenvalue weighted by atomic mass is 10.2. The number of anilines is 1. The highest BCUT2D eigenvalue weighted by Gasteiger charge is 2.26. The van der Waals surface area contributed by atoms with Gasteiger partial charge < -0.3 is 10.2 Å². The summed E-state index contributed by atoms with van der Waals surface area (Å²) in [5.74, 6) is 1.76. The summed E-state index contributed by atoms with van der Waals surface area (Å²) in [6, 6.07) is 2.30. The number of aromatic nitrogens is 4. The van der Waals surface area contributed by atoms with Crippen LogP contribution in [0, 0.1) is 6.92 Å². The van der Waals surface area contributed by atoms with Gasteiger partial charge in [-0.25, -0.2) is 9.97 Å². The van der Waals surface area contributed by atoms with Crippen molar-refractivity contribution in [2.24, 2.45) is 7.05 Å². The van der Waals surface area contributed by atoms with Crippen molar-refractivity contribution in [3.8, 4) is 0 Å². The maximum atomic E-state index is 12.2. The van der Waals surface area contributed by atoms with E-state index in [4.69, 9.17) is 0 Å². The molecule has 3 heterocycles. The maximum Gasteiger partial charge on any atom is 0.254 e. The molecule has 3 rings (SSSR count). The smallest absolute Gasteiger partial charge is 0.254 e. The Hall–Kier alpha value is -2.44. The van der Waals surface area contributed by atoms with Crippen molar-refractivity contribution in [2.75, 3.05) is 18.0 Å². The minimum atomic E-state index is -0.0805. The van der Waals surface area contributed by atoms with Crippen molar-refractivity contribution in [1.82, 2.24) is 25.1 Å². The van der Waals surface area contributed by atoms with Crippen LogP contribution in [0.1, 0.15) is 41.6 Å². The highest BCUT2D eigenvalue weighted by Crippen LogP contribution is 2.24. The maximum absolute atomic E-state index is 12.2. The molecule has 7 heteroatoms. The predicted octanol–water partition coefficient (Wildman–Crippen LogP) is 1.48. The minimum absolute atomic E-state index is 0.0805. The van der Waals surface area contributed by atoms with Gasteiger partial charge in [0.2, 0.25) is 0 Å². The average molecular weight is 328 g/mol. The first-order valence-corrected chi connectivity index (χ1v) is 8.45. The Kier molecular flexibility index (Phi) is 4.78. The zero-order valence-electron chi connectivity index (χ0n) is 14.5. The Labute approximate surface area is 142 Å². The number of rotatable bonds is 5. The molecule has 2 aromatic heterocycles. The molecule has 7 nitrogen and oxygen atoms in total. The normalized spacial score (nSPS) is 17.3. The Balaban J connectivity index is 1.67. The summed E-state index contributed by atoms with van der Waals surface area (Å²) in [4.78, 5) is 23.6. The fourth-order valence-electron chi connectivity index (χ4n) is 3.12. The average Bonchev–Trinajstić information content (AvgIpc) is 3.20. The second-order valence-corrected chi connectivity index (χ2v) is 6.24. The lowest BCUT2D eigenvalue weighted by Crippen LogP contribution is -2.40. The number of nitrogens with zero attached hydrogens (tertiary/aromatic N) is 5. The number of carbonyl (C=O) groups is 1. The Morgan fingerprint density at radius 3 is 2.96 bits per heavy atom. The molecular formula is C17H24N6O. The van der Waals surface area contributed by atoms with Gasteiger partial charge in [-0.2, -0.15) is 5.10 Å². The fourth-order valence-corrected chi connectivity index (χ4v) is 3.12. The molecule has 128 valence electrons. The van der Waals surface area contributed by atoms with E-state index in [1.165, 1.54) is 0 Å². The molecule has 1 saturated heterocycles. The summed E-state index contributed by atoms with van der Waals surface area (Å²) in [7, 11) is 1.80. The first-order valence-electron chi connectivity index (χ1n) is 8.45. The predicted molar refractivity (Wildman–Crippen MR) is 92.1 cm³/mol. The SMILES string of the molecule is CCc1nc(C)cc(N2CCC[C@H]2CNC(=O)c2cnn(C)c2)n1. The van der Waals surface area contributed by atoms with E-state index in [9.17, 15) is 4.79 Å². The van der Waals surface area contributed by atoms with Crippen LogP contribution in [0.3, 0.4) is 0 Å². The lowest BCUT2D eigenvalue weighted by Gasteiger charge is -2.26. The molecule has 0 aliphatic carbocycles. The van der Waals surface area contributed by atoms with Crippen molar-refractivity contribution in [3.05, 3.63) is 35.5 Å². The lowest BCUT2D eigenvalue weighted by molar-refractivity contribution is 0.0951. The Morgan fingerprint density at radius 2 is 2.25 bits per heavy atom. The van der Waals surface area contributed by atoms with Gasteiger partial charge in [-0.3, -0.25) is 9.48 Å². The van der Waals surface area contributed by atoms with Gasteiger partial charge in [-0.1, -0.05) is 6.92 Å². The number of aryl methyl sites for hydroxylation is 3. The molecule has 1 fully saturated rings. The zero-order chi connectivity index (χ0) is 17.1. The molecule has 1 aliphatic rings. The molecule has 2 aromatic rings. The van der Waals surface area contributed by atoms with Crippen molar-refractivity contribution in [1.29, 1.82) is 0 Å². The van der Waals surface area contributed by atoms with Crippen LogP contribution in [0.2, 0.25) is 0 Å². The van der Waals surface area contributed by atoms with E-state index >= 15 is 0 Å². The van der Waals surface area contributed by atoms with Crippen molar-refractivity contribution in [2.45, 2.75) is 39.2 Å². The number of hydrogen-bond donors (Lipinski definition) is 1. The Bertz CT molecular complexity index is 726. The molecule has 1 N–H and O–H groups in total. The van der Waals surface area contributed by atoms with E-state index in [2.05, 4.69) is 32.2 Å². The third kappa shape index (κ3) is 3.55. The van der Waals surface area contributed by atoms with Gasteiger partial charge in [-0.15, -0.1) is 0 Å². The number of nitrogens with one attached hydrogen (secondary N) is 1. The minimum Gasteiger partial charge on any atom is -0.352 e. The summed E-state index contributed by atoms with van der Waals surface area (Å²) in [6.07, 6.45) is 6.30. The van der Waals surface area contributed by atoms with Crippen LogP contribution in [0.25, 0.3) is 0 Å². The van der Waals surface area contributed by atoms with E-state index in [-0.39, 0.29) is 11.9 Å². The van der Waals surface area contributed by atoms with Crippen LogP contribution in [0.15, 0.2) is 18.5 Å². The van der Waals surface area contributed by atoms with Gasteiger partial charge in [-0.05, 0) is 19.8 Å². The molecule has 1 atom stereocenters. The first kappa shape index (κ1) is 16.4. The monoisotopic (exact) mass is 328 g/mol. The molecule has 0 saturated carbocycles. The summed E-state index contributed by atoms with van der Waals surface area (Å²) in [5.41, 5.74) is 1.58. The number of carbonyl (C=O) groups excluding carboxylic acids is 1. The van der Waals surface area contributed by atoms with Crippen LogP contribution in [0.5, 0.6) is 0 Å². The van der Waals surface area contributed by atoms with Gasteiger partial charge >= 0.3 is 0 Å². The van der Waals surface area contributed by atoms with Gasteiger partial charge in [0.15, 0.2) is 0 Å². The van der Waals surface area contributed by atoms with E-state index in [0.717, 1.165) is 43.1 Å². The summed E-state index contributed by atoms with van der Waals surface area (Å²) in [6.45, 7) is 5.64. The van der Waals surface area contributed by atoms with Crippen LogP contribution < -0.4 is 10.2 Å². The van der Waals surface area contributed by atoms with E-state index < -0.39 is 0 Å². The molecule has 24 heavy (non-hydrogen) atoms. The van der Waals surface area contributed by atoms with Crippen molar-refractivity contribution >= 4 is 11.7 Å². The summed E-state index contributed by atoms with van der Waals surface area (Å²) >= 11 is 0. The second-order valence-electron chi connectivity index (χ2n) is 6.24. The molecule has 0 unspecified atom stereocenters. The Morgan fingerprint density at radius 1 is 1.42 bits per heavy atom. The zero-order valence-corrected chi connectivity index (χ0v) is 14.5. The summed E-state index contributed by atoms with van der Waals surface area (Å²) < 4.78 is 1.63. The molecule has 0 radical (unpaired) electrons. The second kappa shape index (κ2) is 6.98. The van der Waals surface area contributed by atoms with E-state index in [1.807, 2.05) is 13.0 Å². The molecule has 1 amide bonds. The van der Waals surface area contributed by atoms with Crippen molar-refractivity contribution < 1.29 is 4.79 Å². The van der Waals surface area contributed by atoms with E-state index in [1.54, 1.807) is 24.1 Å². The van der Waals surface area contributed by atoms with Crippen LogP contribution in [-0.4, -0.2) is 44.8 Å². The molecule has 1 aliphatic heterocycles. The molecule has 0 aromatic carbocycles. The van der Waals surface area contributed by atoms with Crippen molar-refractivity contribution in [3.63, 3.8) is 0 Å². The molecular weight excluding hydrogens is 304 g/mol.